The minimum absolute atomic E-state index is 0.340. The summed E-state index contributed by atoms with van der Waals surface area (Å²) in [6.45, 7) is 1.78. The maximum absolute atomic E-state index is 11.4. The van der Waals surface area contributed by atoms with Crippen molar-refractivity contribution in [2.45, 2.75) is 19.1 Å². The van der Waals surface area contributed by atoms with Gasteiger partial charge in [0.15, 0.2) is 11.5 Å². The third-order valence-corrected chi connectivity index (χ3v) is 2.28. The molecule has 2 rings (SSSR count). The molecule has 0 spiro atoms. The molecule has 1 aliphatic rings. The number of carbonyl (C=O) groups is 1. The Hall–Kier alpha value is -1.71. The molecule has 0 unspecified atom stereocenters. The molecule has 0 aromatic heterocycles. The lowest BCUT2D eigenvalue weighted by molar-refractivity contribution is -0.154. The van der Waals surface area contributed by atoms with Gasteiger partial charge in [-0.15, -0.1) is 0 Å². The molecular formula is C11H12O4. The van der Waals surface area contributed by atoms with Gasteiger partial charge in [-0.05, 0) is 19.1 Å². The van der Waals surface area contributed by atoms with E-state index in [1.807, 2.05) is 12.1 Å². The van der Waals surface area contributed by atoms with E-state index in [1.165, 1.54) is 7.11 Å². The van der Waals surface area contributed by atoms with Gasteiger partial charge in [0.05, 0.1) is 7.11 Å². The largest absolute Gasteiger partial charge is 0.482 e. The van der Waals surface area contributed by atoms with E-state index in [2.05, 4.69) is 4.74 Å². The monoisotopic (exact) mass is 208 g/mol. The maximum Gasteiger partial charge on any atom is 0.351 e. The van der Waals surface area contributed by atoms with Gasteiger partial charge in [0.1, 0.15) is 6.10 Å². The first-order chi connectivity index (χ1) is 7.22. The molecule has 0 aliphatic carbocycles. The van der Waals surface area contributed by atoms with Crippen LogP contribution in [0.25, 0.3) is 0 Å². The van der Waals surface area contributed by atoms with Crippen LogP contribution < -0.4 is 9.47 Å². The molecule has 0 saturated heterocycles. The molecule has 0 saturated carbocycles. The highest BCUT2D eigenvalue weighted by Crippen LogP contribution is 2.33. The van der Waals surface area contributed by atoms with Crippen LogP contribution in [0.3, 0.4) is 0 Å². The molecule has 0 amide bonds. The van der Waals surface area contributed by atoms with Crippen LogP contribution in [0.5, 0.6) is 11.5 Å². The fourth-order valence-corrected chi connectivity index (χ4v) is 1.50. The van der Waals surface area contributed by atoms with Gasteiger partial charge in [-0.1, -0.05) is 12.1 Å². The summed E-state index contributed by atoms with van der Waals surface area (Å²) in [6.07, 6.45) is -1.03. The van der Waals surface area contributed by atoms with E-state index >= 15 is 0 Å². The van der Waals surface area contributed by atoms with Crippen molar-refractivity contribution < 1.29 is 19.0 Å². The van der Waals surface area contributed by atoms with Crippen LogP contribution in [-0.2, 0) is 9.53 Å². The van der Waals surface area contributed by atoms with Gasteiger partial charge in [-0.2, -0.15) is 0 Å². The summed E-state index contributed by atoms with van der Waals surface area (Å²) in [5.74, 6) is 0.813. The highest BCUT2D eigenvalue weighted by atomic mass is 16.6. The second kappa shape index (κ2) is 3.81. The van der Waals surface area contributed by atoms with Crippen LogP contribution in [-0.4, -0.2) is 25.3 Å². The van der Waals surface area contributed by atoms with Crippen LogP contribution in [0.1, 0.15) is 6.92 Å². The van der Waals surface area contributed by atoms with Crippen molar-refractivity contribution in [2.75, 3.05) is 7.11 Å². The predicted molar refractivity (Wildman–Crippen MR) is 53.0 cm³/mol. The normalized spacial score (nSPS) is 23.3. The van der Waals surface area contributed by atoms with Gasteiger partial charge >= 0.3 is 5.97 Å². The maximum atomic E-state index is 11.4. The summed E-state index contributed by atoms with van der Waals surface area (Å²) < 4.78 is 15.7. The average molecular weight is 208 g/mol. The lowest BCUT2D eigenvalue weighted by atomic mass is 10.2. The smallest absolute Gasteiger partial charge is 0.351 e. The SMILES string of the molecule is COC(=O)[C@@H]1Oc2ccccc2O[C@H]1C. The Morgan fingerprint density at radius 2 is 1.87 bits per heavy atom. The summed E-state index contributed by atoms with van der Waals surface area (Å²) in [5.41, 5.74) is 0. The van der Waals surface area contributed by atoms with Gasteiger partial charge in [0, 0.05) is 0 Å². The second-order valence-electron chi connectivity index (χ2n) is 3.33. The van der Waals surface area contributed by atoms with Crippen molar-refractivity contribution in [3.63, 3.8) is 0 Å². The van der Waals surface area contributed by atoms with Crippen molar-refractivity contribution in [1.82, 2.24) is 0 Å². The van der Waals surface area contributed by atoms with Gasteiger partial charge < -0.3 is 14.2 Å². The van der Waals surface area contributed by atoms with E-state index in [0.29, 0.717) is 11.5 Å². The molecule has 1 aliphatic heterocycles. The average Bonchev–Trinajstić information content (AvgIpc) is 2.27. The number of benzene rings is 1. The second-order valence-corrected chi connectivity index (χ2v) is 3.33. The van der Waals surface area contributed by atoms with Crippen molar-refractivity contribution in [3.8, 4) is 11.5 Å². The molecule has 0 N–H and O–H groups in total. The lowest BCUT2D eigenvalue weighted by Crippen LogP contribution is -2.44. The zero-order valence-electron chi connectivity index (χ0n) is 8.60. The molecule has 1 aromatic carbocycles. The number of esters is 1. The number of carbonyl (C=O) groups excluding carboxylic acids is 1. The summed E-state index contributed by atoms with van der Waals surface area (Å²) in [4.78, 5) is 11.4. The zero-order valence-corrected chi connectivity index (χ0v) is 8.60. The molecule has 1 aromatic rings. The number of ether oxygens (including phenoxy) is 3. The van der Waals surface area contributed by atoms with Gasteiger partial charge in [0.25, 0.3) is 0 Å². The molecule has 1 heterocycles. The predicted octanol–water partition coefficient (Wildman–Crippen LogP) is 1.39. The first-order valence-corrected chi connectivity index (χ1v) is 4.72. The van der Waals surface area contributed by atoms with Crippen LogP contribution >= 0.6 is 0 Å². The van der Waals surface area contributed by atoms with Gasteiger partial charge in [-0.25, -0.2) is 4.79 Å². The Morgan fingerprint density at radius 3 is 2.47 bits per heavy atom. The van der Waals surface area contributed by atoms with Crippen molar-refractivity contribution >= 4 is 5.97 Å². The molecule has 80 valence electrons. The van der Waals surface area contributed by atoms with E-state index in [-0.39, 0.29) is 6.10 Å². The summed E-state index contributed by atoms with van der Waals surface area (Å²) in [5, 5.41) is 0. The minimum atomic E-state index is -0.690. The summed E-state index contributed by atoms with van der Waals surface area (Å²) in [7, 11) is 1.33. The molecule has 0 bridgehead atoms. The molecule has 4 nitrogen and oxygen atoms in total. The Balaban J connectivity index is 2.25. The molecule has 0 radical (unpaired) electrons. The molecule has 2 atom stereocenters. The van der Waals surface area contributed by atoms with Crippen LogP contribution in [0.2, 0.25) is 0 Å². The highest BCUT2D eigenvalue weighted by Gasteiger charge is 2.34. The Labute approximate surface area is 87.8 Å². The quantitative estimate of drug-likeness (QED) is 0.654. The Kier molecular flexibility index (Phi) is 2.49. The Morgan fingerprint density at radius 1 is 1.27 bits per heavy atom. The molecule has 4 heteroatoms. The number of para-hydroxylation sites is 2. The number of rotatable bonds is 1. The van der Waals surface area contributed by atoms with E-state index in [4.69, 9.17) is 9.47 Å². The molecule has 0 fully saturated rings. The third-order valence-electron chi connectivity index (χ3n) is 2.28. The number of hydrogen-bond donors (Lipinski definition) is 0. The fourth-order valence-electron chi connectivity index (χ4n) is 1.50. The molecular weight excluding hydrogens is 196 g/mol. The van der Waals surface area contributed by atoms with Crippen LogP contribution in [0, 0.1) is 0 Å². The first kappa shape index (κ1) is 9.83. The van der Waals surface area contributed by atoms with E-state index in [1.54, 1.807) is 19.1 Å². The standard InChI is InChI=1S/C11H12O4/c1-7-10(11(12)13-2)15-9-6-4-3-5-8(9)14-7/h3-7,10H,1-2H3/t7-,10+/m0/s1. The number of methoxy groups -OCH3 is 1. The number of fused-ring (bicyclic) bond motifs is 1. The third kappa shape index (κ3) is 1.75. The van der Waals surface area contributed by atoms with Crippen molar-refractivity contribution in [2.24, 2.45) is 0 Å². The van der Waals surface area contributed by atoms with E-state index < -0.39 is 12.1 Å². The van der Waals surface area contributed by atoms with Crippen LogP contribution in [0.4, 0.5) is 0 Å². The van der Waals surface area contributed by atoms with Crippen molar-refractivity contribution in [1.29, 1.82) is 0 Å². The topological polar surface area (TPSA) is 44.8 Å². The number of hydrogen-bond acceptors (Lipinski definition) is 4. The van der Waals surface area contributed by atoms with Gasteiger partial charge in [-0.3, -0.25) is 0 Å². The Bertz CT molecular complexity index is 375. The fraction of sp³-hybridized carbons (Fsp3) is 0.364. The summed E-state index contributed by atoms with van der Waals surface area (Å²) >= 11 is 0. The van der Waals surface area contributed by atoms with Crippen LogP contribution in [0.15, 0.2) is 24.3 Å². The first-order valence-electron chi connectivity index (χ1n) is 4.72. The van der Waals surface area contributed by atoms with Gasteiger partial charge in [0.2, 0.25) is 6.10 Å². The zero-order chi connectivity index (χ0) is 10.8. The minimum Gasteiger partial charge on any atom is -0.482 e. The lowest BCUT2D eigenvalue weighted by Gasteiger charge is -2.29. The molecule has 15 heavy (non-hydrogen) atoms. The van der Waals surface area contributed by atoms with E-state index in [0.717, 1.165) is 0 Å². The van der Waals surface area contributed by atoms with Crippen molar-refractivity contribution in [3.05, 3.63) is 24.3 Å². The highest BCUT2D eigenvalue weighted by molar-refractivity contribution is 5.76. The summed E-state index contributed by atoms with van der Waals surface area (Å²) in [6, 6.07) is 7.25. The van der Waals surface area contributed by atoms with E-state index in [9.17, 15) is 4.79 Å².